The van der Waals surface area contributed by atoms with Crippen molar-refractivity contribution in [2.45, 2.75) is 68.5 Å². The van der Waals surface area contributed by atoms with Crippen molar-refractivity contribution >= 4 is 11.8 Å². The average Bonchev–Trinajstić information content (AvgIpc) is 2.79. The molecule has 0 amide bonds. The van der Waals surface area contributed by atoms with Gasteiger partial charge in [0.1, 0.15) is 0 Å². The number of aliphatic hydroxyl groups excluding tert-OH is 1. The summed E-state index contributed by atoms with van der Waals surface area (Å²) in [5, 5.41) is 26.5. The maximum absolute atomic E-state index is 10.2. The summed E-state index contributed by atoms with van der Waals surface area (Å²) in [6.07, 6.45) is 6.39. The fraction of sp³-hybridized carbons (Fsp3) is 0.923. The van der Waals surface area contributed by atoms with Crippen molar-refractivity contribution in [3.05, 3.63) is 0 Å². The Hall–Kier alpha value is -0.660. The number of aliphatic hydroxyl groups is 1. The Bertz CT molecular complexity index is 387. The lowest BCUT2D eigenvalue weighted by molar-refractivity contribution is 0.163. The Kier molecular flexibility index (Phi) is 6.75. The number of thioether (sulfide) groups is 1. The molecule has 1 heterocycles. The maximum Gasteiger partial charge on any atom is 0.209 e. The van der Waals surface area contributed by atoms with E-state index in [1.54, 1.807) is 11.8 Å². The van der Waals surface area contributed by atoms with E-state index in [4.69, 9.17) is 0 Å². The number of nitrogens with zero attached hydrogens (tertiary/aromatic N) is 4. The molecule has 0 aromatic carbocycles. The second-order valence-corrected chi connectivity index (χ2v) is 6.50. The molecule has 1 aliphatic rings. The molecular formula is C13H25N5OS. The van der Waals surface area contributed by atoms with Crippen LogP contribution in [-0.2, 0) is 6.54 Å². The largest absolute Gasteiger partial charge is 0.392 e. The van der Waals surface area contributed by atoms with Crippen molar-refractivity contribution < 1.29 is 5.11 Å². The first-order valence-electron chi connectivity index (χ1n) is 7.63. The molecular weight excluding hydrogens is 274 g/mol. The van der Waals surface area contributed by atoms with Crippen molar-refractivity contribution in [2.24, 2.45) is 0 Å². The van der Waals surface area contributed by atoms with Gasteiger partial charge in [0.25, 0.3) is 0 Å². The highest BCUT2D eigenvalue weighted by molar-refractivity contribution is 7.99. The first kappa shape index (κ1) is 15.7. The quantitative estimate of drug-likeness (QED) is 0.586. The van der Waals surface area contributed by atoms with Crippen LogP contribution in [0.2, 0.25) is 0 Å². The van der Waals surface area contributed by atoms with Crippen LogP contribution in [0, 0.1) is 0 Å². The molecule has 0 radical (unpaired) electrons. The van der Waals surface area contributed by atoms with E-state index in [0.717, 1.165) is 50.5 Å². The van der Waals surface area contributed by atoms with Gasteiger partial charge in [-0.2, -0.15) is 0 Å². The second kappa shape index (κ2) is 8.59. The molecule has 6 nitrogen and oxygen atoms in total. The third-order valence-corrected chi connectivity index (χ3v) is 4.96. The highest BCUT2D eigenvalue weighted by Gasteiger charge is 2.24. The van der Waals surface area contributed by atoms with Gasteiger partial charge in [-0.05, 0) is 36.2 Å². The molecule has 0 aliphatic heterocycles. The van der Waals surface area contributed by atoms with Gasteiger partial charge < -0.3 is 10.4 Å². The Morgan fingerprint density at radius 1 is 1.30 bits per heavy atom. The summed E-state index contributed by atoms with van der Waals surface area (Å²) in [5.41, 5.74) is 0. The zero-order valence-corrected chi connectivity index (χ0v) is 13.0. The van der Waals surface area contributed by atoms with Gasteiger partial charge in [0.15, 0.2) is 0 Å². The summed E-state index contributed by atoms with van der Waals surface area (Å²) in [7, 11) is 0. The van der Waals surface area contributed by atoms with Crippen molar-refractivity contribution in [1.29, 1.82) is 0 Å². The van der Waals surface area contributed by atoms with Gasteiger partial charge in [0.2, 0.25) is 5.16 Å². The minimum absolute atomic E-state index is 0.228. The number of aromatic nitrogens is 4. The molecule has 1 aliphatic carbocycles. The topological polar surface area (TPSA) is 75.9 Å². The summed E-state index contributed by atoms with van der Waals surface area (Å²) in [6.45, 7) is 4.82. The number of rotatable bonds is 7. The average molecular weight is 299 g/mol. The molecule has 2 unspecified atom stereocenters. The summed E-state index contributed by atoms with van der Waals surface area (Å²) < 4.78 is 1.84. The van der Waals surface area contributed by atoms with Crippen molar-refractivity contribution in [3.8, 4) is 0 Å². The molecule has 1 saturated carbocycles. The normalized spacial score (nSPS) is 23.7. The van der Waals surface area contributed by atoms with Crippen LogP contribution in [0.1, 0.15) is 45.4 Å². The van der Waals surface area contributed by atoms with Crippen LogP contribution in [0.25, 0.3) is 0 Å². The minimum atomic E-state index is -0.231. The monoisotopic (exact) mass is 299 g/mol. The molecule has 7 heteroatoms. The fourth-order valence-corrected chi connectivity index (χ4v) is 3.62. The standard InChI is InChI=1S/C13H25N5OS/c1-2-8-14-9-10-18-13(15-16-17-18)20-12-7-5-3-4-6-11(12)19/h11-12,14,19H,2-10H2,1H3. The van der Waals surface area contributed by atoms with Crippen LogP contribution in [-0.4, -0.2) is 49.8 Å². The molecule has 20 heavy (non-hydrogen) atoms. The van der Waals surface area contributed by atoms with Crippen LogP contribution in [0.3, 0.4) is 0 Å². The highest BCUT2D eigenvalue weighted by atomic mass is 32.2. The molecule has 0 spiro atoms. The number of nitrogens with one attached hydrogen (secondary N) is 1. The maximum atomic E-state index is 10.2. The van der Waals surface area contributed by atoms with E-state index in [1.807, 2.05) is 4.68 Å². The first-order chi connectivity index (χ1) is 9.81. The van der Waals surface area contributed by atoms with E-state index in [-0.39, 0.29) is 11.4 Å². The summed E-state index contributed by atoms with van der Waals surface area (Å²) in [5.74, 6) is 0. The van der Waals surface area contributed by atoms with E-state index >= 15 is 0 Å². The minimum Gasteiger partial charge on any atom is -0.392 e. The van der Waals surface area contributed by atoms with Gasteiger partial charge in [-0.1, -0.05) is 37.9 Å². The van der Waals surface area contributed by atoms with Crippen LogP contribution < -0.4 is 5.32 Å². The van der Waals surface area contributed by atoms with E-state index in [0.29, 0.717) is 0 Å². The molecule has 0 bridgehead atoms. The van der Waals surface area contributed by atoms with E-state index in [9.17, 15) is 5.11 Å². The van der Waals surface area contributed by atoms with Gasteiger partial charge in [0, 0.05) is 11.8 Å². The molecule has 114 valence electrons. The van der Waals surface area contributed by atoms with E-state index < -0.39 is 0 Å². The van der Waals surface area contributed by atoms with Gasteiger partial charge >= 0.3 is 0 Å². The lowest BCUT2D eigenvalue weighted by Gasteiger charge is -2.18. The zero-order chi connectivity index (χ0) is 14.2. The third-order valence-electron chi connectivity index (χ3n) is 3.60. The summed E-state index contributed by atoms with van der Waals surface area (Å²) >= 11 is 1.63. The van der Waals surface area contributed by atoms with Crippen molar-refractivity contribution in [2.75, 3.05) is 13.1 Å². The second-order valence-electron chi connectivity index (χ2n) is 5.30. The number of hydrogen-bond acceptors (Lipinski definition) is 6. The van der Waals surface area contributed by atoms with Gasteiger partial charge in [-0.3, -0.25) is 0 Å². The number of hydrogen-bond donors (Lipinski definition) is 2. The number of tetrazole rings is 1. The van der Waals surface area contributed by atoms with E-state index in [1.165, 1.54) is 12.8 Å². The van der Waals surface area contributed by atoms with Crippen molar-refractivity contribution in [1.82, 2.24) is 25.5 Å². The third kappa shape index (κ3) is 4.71. The lowest BCUT2D eigenvalue weighted by Crippen LogP contribution is -2.24. The SMILES string of the molecule is CCCNCCn1nnnc1SC1CCCCCC1O. The Labute approximate surface area is 124 Å². The lowest BCUT2D eigenvalue weighted by atomic mass is 10.1. The molecule has 1 aromatic heterocycles. The van der Waals surface area contributed by atoms with Crippen LogP contribution in [0.15, 0.2) is 5.16 Å². The van der Waals surface area contributed by atoms with Crippen LogP contribution >= 0.6 is 11.8 Å². The fourth-order valence-electron chi connectivity index (χ4n) is 2.43. The van der Waals surface area contributed by atoms with Gasteiger partial charge in [0.05, 0.1) is 12.6 Å². The molecule has 2 rings (SSSR count). The Morgan fingerprint density at radius 2 is 2.15 bits per heavy atom. The van der Waals surface area contributed by atoms with Gasteiger partial charge in [-0.25, -0.2) is 4.68 Å². The first-order valence-corrected chi connectivity index (χ1v) is 8.51. The molecule has 0 saturated heterocycles. The summed E-state index contributed by atoms with van der Waals surface area (Å²) in [6, 6.07) is 0. The molecule has 2 atom stereocenters. The molecule has 2 N–H and O–H groups in total. The van der Waals surface area contributed by atoms with Crippen LogP contribution in [0.4, 0.5) is 0 Å². The van der Waals surface area contributed by atoms with E-state index in [2.05, 4.69) is 27.8 Å². The smallest absolute Gasteiger partial charge is 0.209 e. The predicted molar refractivity (Wildman–Crippen MR) is 79.7 cm³/mol. The highest BCUT2D eigenvalue weighted by Crippen LogP contribution is 2.31. The Morgan fingerprint density at radius 3 is 3.00 bits per heavy atom. The predicted octanol–water partition coefficient (Wildman–Crippen LogP) is 1.46. The van der Waals surface area contributed by atoms with Crippen LogP contribution in [0.5, 0.6) is 0 Å². The van der Waals surface area contributed by atoms with Crippen molar-refractivity contribution in [3.63, 3.8) is 0 Å². The van der Waals surface area contributed by atoms with Gasteiger partial charge in [-0.15, -0.1) is 5.10 Å². The summed E-state index contributed by atoms with van der Waals surface area (Å²) in [4.78, 5) is 0. The molecule has 1 aromatic rings. The molecule has 1 fully saturated rings. The Balaban J connectivity index is 1.86. The zero-order valence-electron chi connectivity index (χ0n) is 12.2.